The van der Waals surface area contributed by atoms with Crippen molar-refractivity contribution in [2.45, 2.75) is 56.8 Å². The normalized spacial score (nSPS) is 12.0. The standard InChI is InChI=1S/C30H35N5O5.C2HF3O2/c31-26(36)17-16-24(34-28(37)11-5-7-19-33-27-10-4-6-18-32-27)30(40)35-25(20-29(38)39)23-14-12-22(13-15-23)21-8-2-1-3-9-21;3-2(4,5)1(6)7/h1-4,6,8-10,12-15,18,24-25H,5,7,11,16-17,19-20H2,(H2,31,36)(H,32,33)(H,34,37)(H,35,40)(H,38,39);(H,6,7)/t24-,25?;/m0./s1. The molecule has 0 saturated carbocycles. The number of carboxylic acids is 2. The molecule has 7 N–H and O–H groups in total. The van der Waals surface area contributed by atoms with E-state index in [9.17, 15) is 37.5 Å². The molecule has 3 rings (SSSR count). The summed E-state index contributed by atoms with van der Waals surface area (Å²) in [4.78, 5) is 61.9. The molecular weight excluding hydrogens is 623 g/mol. The van der Waals surface area contributed by atoms with E-state index in [1.807, 2.05) is 60.7 Å². The van der Waals surface area contributed by atoms with Crippen molar-refractivity contribution in [3.63, 3.8) is 0 Å². The van der Waals surface area contributed by atoms with Crippen LogP contribution in [0.25, 0.3) is 11.1 Å². The maximum atomic E-state index is 13.2. The van der Waals surface area contributed by atoms with Crippen LogP contribution < -0.4 is 21.7 Å². The van der Waals surface area contributed by atoms with E-state index in [2.05, 4.69) is 20.9 Å². The van der Waals surface area contributed by atoms with Crippen molar-refractivity contribution < 1.29 is 47.4 Å². The summed E-state index contributed by atoms with van der Waals surface area (Å²) in [6, 6.07) is 20.7. The average molecular weight is 660 g/mol. The van der Waals surface area contributed by atoms with Gasteiger partial charge in [-0.25, -0.2) is 9.78 Å². The number of carbonyl (C=O) groups is 5. The van der Waals surface area contributed by atoms with Gasteiger partial charge in [0.25, 0.3) is 0 Å². The maximum absolute atomic E-state index is 13.2. The average Bonchev–Trinajstić information content (AvgIpc) is 3.03. The summed E-state index contributed by atoms with van der Waals surface area (Å²) in [5.41, 5.74) is 7.85. The number of primary amides is 1. The number of aromatic nitrogens is 1. The molecule has 0 aliphatic carbocycles. The summed E-state index contributed by atoms with van der Waals surface area (Å²) in [5.74, 6) is -4.62. The minimum Gasteiger partial charge on any atom is -0.481 e. The number of nitrogens with one attached hydrogen (secondary N) is 3. The quantitative estimate of drug-likeness (QED) is 0.123. The number of amides is 3. The zero-order chi connectivity index (χ0) is 34.8. The van der Waals surface area contributed by atoms with Gasteiger partial charge in [-0.3, -0.25) is 19.2 Å². The summed E-state index contributed by atoms with van der Waals surface area (Å²) in [7, 11) is 0. The molecule has 12 nitrogen and oxygen atoms in total. The number of nitrogens with zero attached hydrogens (tertiary/aromatic N) is 1. The zero-order valence-corrected chi connectivity index (χ0v) is 25.2. The summed E-state index contributed by atoms with van der Waals surface area (Å²) in [5, 5.41) is 25.2. The predicted molar refractivity (Wildman–Crippen MR) is 166 cm³/mol. The van der Waals surface area contributed by atoms with Crippen LogP contribution in [0, 0.1) is 0 Å². The number of aliphatic carboxylic acids is 2. The first kappa shape index (κ1) is 37.7. The number of hydrogen-bond donors (Lipinski definition) is 6. The molecule has 3 amide bonds. The van der Waals surface area contributed by atoms with E-state index in [4.69, 9.17) is 15.6 Å². The third-order valence-electron chi connectivity index (χ3n) is 6.49. The number of benzene rings is 2. The number of carbonyl (C=O) groups excluding carboxylic acids is 3. The predicted octanol–water partition coefficient (Wildman–Crippen LogP) is 4.05. The Morgan fingerprint density at radius 1 is 0.809 bits per heavy atom. The molecule has 1 heterocycles. The molecule has 252 valence electrons. The van der Waals surface area contributed by atoms with Crippen LogP contribution in [0.1, 0.15) is 50.1 Å². The van der Waals surface area contributed by atoms with Crippen molar-refractivity contribution in [3.8, 4) is 11.1 Å². The number of nitrogens with two attached hydrogens (primary N) is 1. The van der Waals surface area contributed by atoms with Gasteiger partial charge < -0.3 is 31.9 Å². The van der Waals surface area contributed by atoms with E-state index in [1.165, 1.54) is 0 Å². The Balaban J connectivity index is 0.000000984. The molecule has 3 aromatic rings. The maximum Gasteiger partial charge on any atom is 0.490 e. The molecule has 0 fully saturated rings. The second-order valence-corrected chi connectivity index (χ2v) is 10.2. The van der Waals surface area contributed by atoms with Crippen molar-refractivity contribution in [3.05, 3.63) is 84.6 Å². The van der Waals surface area contributed by atoms with Gasteiger partial charge in [0, 0.05) is 25.6 Å². The van der Waals surface area contributed by atoms with E-state index in [1.54, 1.807) is 18.3 Å². The first-order valence-electron chi connectivity index (χ1n) is 14.5. The highest BCUT2D eigenvalue weighted by Gasteiger charge is 2.38. The Kier molecular flexibility index (Phi) is 15.4. The lowest BCUT2D eigenvalue weighted by atomic mass is 9.98. The molecular formula is C32H36F3N5O7. The fourth-order valence-electron chi connectivity index (χ4n) is 4.15. The molecule has 1 aromatic heterocycles. The molecule has 1 unspecified atom stereocenters. The van der Waals surface area contributed by atoms with E-state index < -0.39 is 42.0 Å². The largest absolute Gasteiger partial charge is 0.490 e. The first-order valence-corrected chi connectivity index (χ1v) is 14.5. The van der Waals surface area contributed by atoms with Gasteiger partial charge in [0.15, 0.2) is 0 Å². The molecule has 2 aromatic carbocycles. The lowest BCUT2D eigenvalue weighted by Crippen LogP contribution is -2.48. The number of pyridine rings is 1. The van der Waals surface area contributed by atoms with Crippen LogP contribution in [-0.2, 0) is 24.0 Å². The monoisotopic (exact) mass is 659 g/mol. The number of alkyl halides is 3. The fourth-order valence-corrected chi connectivity index (χ4v) is 4.15. The van der Waals surface area contributed by atoms with Gasteiger partial charge in [-0.15, -0.1) is 0 Å². The van der Waals surface area contributed by atoms with E-state index in [0.29, 0.717) is 24.9 Å². The molecule has 2 atom stereocenters. The van der Waals surface area contributed by atoms with Gasteiger partial charge in [0.05, 0.1) is 12.5 Å². The molecule has 47 heavy (non-hydrogen) atoms. The Morgan fingerprint density at radius 3 is 1.98 bits per heavy atom. The second kappa shape index (κ2) is 19.1. The smallest absolute Gasteiger partial charge is 0.481 e. The summed E-state index contributed by atoms with van der Waals surface area (Å²) in [6.07, 6.45) is -2.39. The highest BCUT2D eigenvalue weighted by Crippen LogP contribution is 2.24. The highest BCUT2D eigenvalue weighted by atomic mass is 19.4. The van der Waals surface area contributed by atoms with Crippen molar-refractivity contribution in [2.24, 2.45) is 5.73 Å². The summed E-state index contributed by atoms with van der Waals surface area (Å²) >= 11 is 0. The van der Waals surface area contributed by atoms with Crippen molar-refractivity contribution in [1.29, 1.82) is 0 Å². The van der Waals surface area contributed by atoms with E-state index in [-0.39, 0.29) is 31.6 Å². The SMILES string of the molecule is NC(=O)CC[C@H](NC(=O)CCCCNc1ccccn1)C(=O)NC(CC(=O)O)c1ccc(-c2ccccc2)cc1.O=C(O)C(F)(F)F. The minimum absolute atomic E-state index is 0.000868. The van der Waals surface area contributed by atoms with Gasteiger partial charge in [0.1, 0.15) is 11.9 Å². The van der Waals surface area contributed by atoms with Crippen LogP contribution in [0.15, 0.2) is 79.0 Å². The van der Waals surface area contributed by atoms with Crippen LogP contribution in [0.5, 0.6) is 0 Å². The van der Waals surface area contributed by atoms with Gasteiger partial charge in [-0.1, -0.05) is 60.7 Å². The Hall–Kier alpha value is -5.47. The topological polar surface area (TPSA) is 201 Å². The van der Waals surface area contributed by atoms with Gasteiger partial charge in [-0.05, 0) is 48.1 Å². The van der Waals surface area contributed by atoms with Crippen molar-refractivity contribution in [2.75, 3.05) is 11.9 Å². The van der Waals surface area contributed by atoms with Gasteiger partial charge >= 0.3 is 18.1 Å². The summed E-state index contributed by atoms with van der Waals surface area (Å²) < 4.78 is 31.7. The third kappa shape index (κ3) is 14.9. The van der Waals surface area contributed by atoms with Gasteiger partial charge in [0.2, 0.25) is 17.7 Å². The fraction of sp³-hybridized carbons (Fsp3) is 0.312. The van der Waals surface area contributed by atoms with Gasteiger partial charge in [-0.2, -0.15) is 13.2 Å². The van der Waals surface area contributed by atoms with Crippen LogP contribution >= 0.6 is 0 Å². The lowest BCUT2D eigenvalue weighted by Gasteiger charge is -2.23. The first-order chi connectivity index (χ1) is 22.3. The zero-order valence-electron chi connectivity index (χ0n) is 25.2. The molecule has 0 radical (unpaired) electrons. The Labute approximate surface area is 268 Å². The third-order valence-corrected chi connectivity index (χ3v) is 6.49. The number of carboxylic acid groups (broad SMARTS) is 2. The van der Waals surface area contributed by atoms with Crippen LogP contribution in [0.2, 0.25) is 0 Å². The summed E-state index contributed by atoms with van der Waals surface area (Å²) in [6.45, 7) is 0.635. The molecule has 0 saturated heterocycles. The number of unbranched alkanes of at least 4 members (excludes halogenated alkanes) is 1. The van der Waals surface area contributed by atoms with Crippen molar-refractivity contribution >= 4 is 35.5 Å². The van der Waals surface area contributed by atoms with Crippen LogP contribution in [-0.4, -0.2) is 63.6 Å². The number of hydrogen-bond acceptors (Lipinski definition) is 7. The molecule has 15 heteroatoms. The number of halogens is 3. The molecule has 0 spiro atoms. The van der Waals surface area contributed by atoms with E-state index >= 15 is 0 Å². The molecule has 0 aliphatic rings. The Bertz CT molecular complexity index is 1460. The minimum atomic E-state index is -5.08. The van der Waals surface area contributed by atoms with Crippen molar-refractivity contribution in [1.82, 2.24) is 15.6 Å². The van der Waals surface area contributed by atoms with Crippen LogP contribution in [0.3, 0.4) is 0 Å². The molecule has 0 bridgehead atoms. The number of anilines is 1. The highest BCUT2D eigenvalue weighted by molar-refractivity contribution is 5.88. The van der Waals surface area contributed by atoms with E-state index in [0.717, 1.165) is 16.9 Å². The van der Waals surface area contributed by atoms with Crippen LogP contribution in [0.4, 0.5) is 19.0 Å². The number of rotatable bonds is 16. The second-order valence-electron chi connectivity index (χ2n) is 10.2. The molecule has 0 aliphatic heterocycles. The lowest BCUT2D eigenvalue weighted by molar-refractivity contribution is -0.192. The Morgan fingerprint density at radius 2 is 1.43 bits per heavy atom.